The quantitative estimate of drug-likeness (QED) is 0.313. The number of urea groups is 1. The van der Waals surface area contributed by atoms with Crippen LogP contribution in [0.25, 0.3) is 16.6 Å². The number of unbranched alkanes of at least 4 members (excludes halogenated alkanes) is 1. The summed E-state index contributed by atoms with van der Waals surface area (Å²) in [6, 6.07) is 21.3. The summed E-state index contributed by atoms with van der Waals surface area (Å²) in [6.07, 6.45) is 1.74. The molecule has 35 heavy (non-hydrogen) atoms. The van der Waals surface area contributed by atoms with Gasteiger partial charge in [0.2, 0.25) is 0 Å². The van der Waals surface area contributed by atoms with Crippen LogP contribution in [0.2, 0.25) is 5.02 Å². The first-order chi connectivity index (χ1) is 16.9. The molecule has 1 atom stereocenters. The molecule has 1 heterocycles. The lowest BCUT2D eigenvalue weighted by atomic mass is 10.1. The highest BCUT2D eigenvalue weighted by Crippen LogP contribution is 2.25. The first kappa shape index (κ1) is 24.5. The van der Waals surface area contributed by atoms with Gasteiger partial charge in [-0.15, -0.1) is 0 Å². The van der Waals surface area contributed by atoms with Gasteiger partial charge in [-0.05, 0) is 62.2 Å². The third-order valence-electron chi connectivity index (χ3n) is 6.11. The fourth-order valence-corrected chi connectivity index (χ4v) is 4.32. The topological polar surface area (TPSA) is 67.2 Å². The normalized spacial score (nSPS) is 11.9. The molecule has 1 unspecified atom stereocenters. The molecular formula is C28H29ClN4O2. The van der Waals surface area contributed by atoms with Crippen LogP contribution >= 0.6 is 11.6 Å². The summed E-state index contributed by atoms with van der Waals surface area (Å²) in [5, 5.41) is 4.06. The van der Waals surface area contributed by atoms with Crippen molar-refractivity contribution in [2.24, 2.45) is 0 Å². The third kappa shape index (κ3) is 5.23. The van der Waals surface area contributed by atoms with Crippen molar-refractivity contribution in [3.63, 3.8) is 0 Å². The fraction of sp³-hybridized carbons (Fsp3) is 0.250. The molecular weight excluding hydrogens is 460 g/mol. The molecule has 0 saturated heterocycles. The van der Waals surface area contributed by atoms with Gasteiger partial charge in [0.1, 0.15) is 5.82 Å². The minimum atomic E-state index is -0.484. The Labute approximate surface area is 210 Å². The van der Waals surface area contributed by atoms with Crippen LogP contribution in [0.15, 0.2) is 77.6 Å². The number of carbonyl (C=O) groups excluding carboxylic acids is 1. The Kier molecular flexibility index (Phi) is 7.51. The first-order valence-corrected chi connectivity index (χ1v) is 12.2. The zero-order valence-corrected chi connectivity index (χ0v) is 20.9. The number of rotatable bonds is 7. The molecule has 0 aliphatic carbocycles. The number of halogens is 1. The van der Waals surface area contributed by atoms with Crippen LogP contribution in [-0.2, 0) is 0 Å². The van der Waals surface area contributed by atoms with Crippen molar-refractivity contribution in [2.45, 2.75) is 39.7 Å². The van der Waals surface area contributed by atoms with Gasteiger partial charge < -0.3 is 10.2 Å². The maximum Gasteiger partial charge on any atom is 0.322 e. The molecule has 180 valence electrons. The highest BCUT2D eigenvalue weighted by molar-refractivity contribution is 6.30. The molecule has 0 spiro atoms. The molecule has 1 aromatic heterocycles. The number of aryl methyl sites for hydroxylation is 1. The third-order valence-corrected chi connectivity index (χ3v) is 6.34. The molecule has 4 aromatic rings. The Bertz CT molecular complexity index is 1420. The number of para-hydroxylation sites is 2. The van der Waals surface area contributed by atoms with E-state index >= 15 is 0 Å². The standard InChI is InChI=1S/C28H29ClN4O2/c1-4-5-17-32(28(35)31-24-15-8-6-11-19(24)2)20(3)26-30-25-16-9-7-14-23(25)27(34)33(26)22-13-10-12-21(29)18-22/h6-16,18,20H,4-5,17H2,1-3H3,(H,31,35). The average Bonchev–Trinajstić information content (AvgIpc) is 2.85. The predicted molar refractivity (Wildman–Crippen MR) is 143 cm³/mol. The van der Waals surface area contributed by atoms with Gasteiger partial charge in [0, 0.05) is 17.3 Å². The van der Waals surface area contributed by atoms with E-state index in [4.69, 9.17) is 16.6 Å². The van der Waals surface area contributed by atoms with E-state index in [2.05, 4.69) is 12.2 Å². The van der Waals surface area contributed by atoms with E-state index < -0.39 is 6.04 Å². The van der Waals surface area contributed by atoms with Crippen molar-refractivity contribution in [1.29, 1.82) is 0 Å². The van der Waals surface area contributed by atoms with Gasteiger partial charge >= 0.3 is 6.03 Å². The second-order valence-electron chi connectivity index (χ2n) is 8.58. The molecule has 0 bridgehead atoms. The largest absolute Gasteiger partial charge is 0.322 e. The number of nitrogens with zero attached hydrogens (tertiary/aromatic N) is 3. The van der Waals surface area contributed by atoms with Crippen LogP contribution in [0.4, 0.5) is 10.5 Å². The Morgan fingerprint density at radius 3 is 2.57 bits per heavy atom. The Morgan fingerprint density at radius 2 is 1.83 bits per heavy atom. The lowest BCUT2D eigenvalue weighted by Gasteiger charge is -2.31. The van der Waals surface area contributed by atoms with Crippen molar-refractivity contribution in [1.82, 2.24) is 14.5 Å². The smallest absolute Gasteiger partial charge is 0.315 e. The van der Waals surface area contributed by atoms with Crippen LogP contribution in [-0.4, -0.2) is 27.0 Å². The van der Waals surface area contributed by atoms with Gasteiger partial charge in [-0.25, -0.2) is 9.78 Å². The summed E-state index contributed by atoms with van der Waals surface area (Å²) in [5.41, 5.74) is 2.73. The van der Waals surface area contributed by atoms with Gasteiger partial charge in [0.15, 0.2) is 0 Å². The summed E-state index contributed by atoms with van der Waals surface area (Å²) < 4.78 is 1.57. The zero-order chi connectivity index (χ0) is 24.9. The van der Waals surface area contributed by atoms with Crippen LogP contribution in [0.5, 0.6) is 0 Å². The van der Waals surface area contributed by atoms with Crippen molar-refractivity contribution in [3.05, 3.63) is 99.6 Å². The first-order valence-electron chi connectivity index (χ1n) is 11.8. The maximum atomic E-state index is 13.7. The molecule has 0 saturated carbocycles. The lowest BCUT2D eigenvalue weighted by Crippen LogP contribution is -2.40. The summed E-state index contributed by atoms with van der Waals surface area (Å²) in [7, 11) is 0. The SMILES string of the molecule is CCCCN(C(=O)Nc1ccccc1C)C(C)c1nc2ccccc2c(=O)n1-c1cccc(Cl)c1. The molecule has 0 aliphatic heterocycles. The van der Waals surface area contributed by atoms with Crippen molar-refractivity contribution in [2.75, 3.05) is 11.9 Å². The van der Waals surface area contributed by atoms with Gasteiger partial charge in [-0.3, -0.25) is 9.36 Å². The number of amides is 2. The van der Waals surface area contributed by atoms with E-state index in [0.29, 0.717) is 34.0 Å². The molecule has 0 aliphatic rings. The molecule has 3 aromatic carbocycles. The number of anilines is 1. The molecule has 6 nitrogen and oxygen atoms in total. The van der Waals surface area contributed by atoms with E-state index in [9.17, 15) is 9.59 Å². The molecule has 0 fully saturated rings. The second-order valence-corrected chi connectivity index (χ2v) is 9.01. The molecule has 0 radical (unpaired) electrons. The number of nitrogens with one attached hydrogen (secondary N) is 1. The lowest BCUT2D eigenvalue weighted by molar-refractivity contribution is 0.188. The van der Waals surface area contributed by atoms with Crippen molar-refractivity contribution >= 4 is 34.2 Å². The number of hydrogen-bond donors (Lipinski definition) is 1. The summed E-state index contributed by atoms with van der Waals surface area (Å²) in [4.78, 5) is 33.8. The summed E-state index contributed by atoms with van der Waals surface area (Å²) in [6.45, 7) is 6.47. The van der Waals surface area contributed by atoms with E-state index in [1.807, 2.05) is 62.4 Å². The van der Waals surface area contributed by atoms with Crippen molar-refractivity contribution in [3.8, 4) is 5.69 Å². The van der Waals surface area contributed by atoms with E-state index in [0.717, 1.165) is 24.1 Å². The van der Waals surface area contributed by atoms with E-state index in [1.165, 1.54) is 0 Å². The van der Waals surface area contributed by atoms with Crippen LogP contribution in [0.3, 0.4) is 0 Å². The Morgan fingerprint density at radius 1 is 1.09 bits per heavy atom. The van der Waals surface area contributed by atoms with Crippen LogP contribution in [0.1, 0.15) is 44.1 Å². The maximum absolute atomic E-state index is 13.7. The van der Waals surface area contributed by atoms with E-state index in [1.54, 1.807) is 33.7 Å². The van der Waals surface area contributed by atoms with Crippen LogP contribution < -0.4 is 10.9 Å². The monoisotopic (exact) mass is 488 g/mol. The van der Waals surface area contributed by atoms with E-state index in [-0.39, 0.29) is 11.6 Å². The summed E-state index contributed by atoms with van der Waals surface area (Å²) in [5.74, 6) is 0.479. The number of fused-ring (bicyclic) bond motifs is 1. The number of hydrogen-bond acceptors (Lipinski definition) is 3. The highest BCUT2D eigenvalue weighted by Gasteiger charge is 2.27. The second kappa shape index (κ2) is 10.7. The number of aromatic nitrogens is 2. The Balaban J connectivity index is 1.84. The fourth-order valence-electron chi connectivity index (χ4n) is 4.13. The zero-order valence-electron chi connectivity index (χ0n) is 20.2. The van der Waals surface area contributed by atoms with Gasteiger partial charge in [-0.2, -0.15) is 0 Å². The van der Waals surface area contributed by atoms with Gasteiger partial charge in [-0.1, -0.05) is 61.3 Å². The Hall–Kier alpha value is -3.64. The molecule has 2 amide bonds. The van der Waals surface area contributed by atoms with Gasteiger partial charge in [0.05, 0.1) is 22.6 Å². The molecule has 7 heteroatoms. The van der Waals surface area contributed by atoms with Crippen LogP contribution in [0, 0.1) is 6.92 Å². The number of carbonyl (C=O) groups is 1. The average molecular weight is 489 g/mol. The van der Waals surface area contributed by atoms with Gasteiger partial charge in [0.25, 0.3) is 5.56 Å². The predicted octanol–water partition coefficient (Wildman–Crippen LogP) is 6.74. The summed E-state index contributed by atoms with van der Waals surface area (Å²) >= 11 is 6.27. The minimum absolute atomic E-state index is 0.200. The minimum Gasteiger partial charge on any atom is -0.315 e. The molecule has 4 rings (SSSR count). The number of benzene rings is 3. The molecule has 1 N–H and O–H groups in total. The van der Waals surface area contributed by atoms with Crippen molar-refractivity contribution < 1.29 is 4.79 Å². The highest BCUT2D eigenvalue weighted by atomic mass is 35.5.